The van der Waals surface area contributed by atoms with Crippen LogP contribution < -0.4 is 5.32 Å². The van der Waals surface area contributed by atoms with E-state index in [1.54, 1.807) is 0 Å². The molecule has 2 aliphatic heterocycles. The summed E-state index contributed by atoms with van der Waals surface area (Å²) in [6.45, 7) is 6.99. The summed E-state index contributed by atoms with van der Waals surface area (Å²) in [6, 6.07) is 0. The SMILES string of the molecule is CCOCC[C@@H]1CCOC12CCNCC2. The second-order valence-electron chi connectivity index (χ2n) is 4.63. The van der Waals surface area contributed by atoms with Crippen LogP contribution in [0.1, 0.15) is 32.6 Å². The average Bonchev–Trinajstić information content (AvgIpc) is 2.63. The molecule has 2 saturated heterocycles. The van der Waals surface area contributed by atoms with Gasteiger partial charge in [0.05, 0.1) is 5.60 Å². The monoisotopic (exact) mass is 213 g/mol. The van der Waals surface area contributed by atoms with Crippen molar-refractivity contribution in [2.75, 3.05) is 32.9 Å². The Kier molecular flexibility index (Phi) is 4.00. The topological polar surface area (TPSA) is 30.5 Å². The van der Waals surface area contributed by atoms with Gasteiger partial charge in [-0.15, -0.1) is 0 Å². The molecule has 1 spiro atoms. The Bertz CT molecular complexity index is 190. The molecule has 2 aliphatic rings. The van der Waals surface area contributed by atoms with E-state index in [9.17, 15) is 0 Å². The molecule has 0 aromatic rings. The van der Waals surface area contributed by atoms with E-state index in [1.165, 1.54) is 25.7 Å². The number of hydrogen-bond acceptors (Lipinski definition) is 3. The van der Waals surface area contributed by atoms with Gasteiger partial charge in [-0.1, -0.05) is 0 Å². The van der Waals surface area contributed by atoms with E-state index in [0.717, 1.165) is 38.8 Å². The average molecular weight is 213 g/mol. The molecule has 2 heterocycles. The lowest BCUT2D eigenvalue weighted by Crippen LogP contribution is -2.46. The van der Waals surface area contributed by atoms with Crippen LogP contribution in [0.3, 0.4) is 0 Å². The number of piperidine rings is 1. The van der Waals surface area contributed by atoms with Crippen LogP contribution >= 0.6 is 0 Å². The molecular weight excluding hydrogens is 190 g/mol. The quantitative estimate of drug-likeness (QED) is 0.719. The molecule has 0 aliphatic carbocycles. The summed E-state index contributed by atoms with van der Waals surface area (Å²) in [6.07, 6.45) is 4.77. The minimum absolute atomic E-state index is 0.197. The normalized spacial score (nSPS) is 29.8. The van der Waals surface area contributed by atoms with Crippen molar-refractivity contribution in [1.82, 2.24) is 5.32 Å². The first kappa shape index (κ1) is 11.4. The van der Waals surface area contributed by atoms with Crippen molar-refractivity contribution >= 4 is 0 Å². The van der Waals surface area contributed by atoms with Crippen LogP contribution in [-0.4, -0.2) is 38.5 Å². The molecule has 0 aromatic carbocycles. The summed E-state index contributed by atoms with van der Waals surface area (Å²) in [5.74, 6) is 0.728. The third-order valence-corrected chi connectivity index (χ3v) is 3.86. The molecule has 1 N–H and O–H groups in total. The molecule has 0 radical (unpaired) electrons. The number of hydrogen-bond donors (Lipinski definition) is 1. The molecule has 0 bridgehead atoms. The van der Waals surface area contributed by atoms with Gasteiger partial charge in [0.2, 0.25) is 0 Å². The predicted molar refractivity (Wildman–Crippen MR) is 60.0 cm³/mol. The fourth-order valence-corrected chi connectivity index (χ4v) is 2.97. The van der Waals surface area contributed by atoms with Crippen molar-refractivity contribution in [3.63, 3.8) is 0 Å². The van der Waals surface area contributed by atoms with Gasteiger partial charge in [-0.05, 0) is 51.6 Å². The van der Waals surface area contributed by atoms with Crippen LogP contribution in [0.5, 0.6) is 0 Å². The van der Waals surface area contributed by atoms with E-state index in [2.05, 4.69) is 12.2 Å². The molecule has 3 nitrogen and oxygen atoms in total. The second kappa shape index (κ2) is 5.28. The standard InChI is InChI=1S/C12H23NO2/c1-2-14-9-3-11-4-10-15-12(11)5-7-13-8-6-12/h11,13H,2-10H2,1H3/t11-/m1/s1. The Morgan fingerprint density at radius 2 is 2.20 bits per heavy atom. The Hall–Kier alpha value is -0.120. The highest BCUT2D eigenvalue weighted by molar-refractivity contribution is 4.95. The summed E-state index contributed by atoms with van der Waals surface area (Å²) in [5, 5.41) is 3.41. The first-order valence-corrected chi connectivity index (χ1v) is 6.30. The van der Waals surface area contributed by atoms with Crippen LogP contribution in [0.2, 0.25) is 0 Å². The Labute approximate surface area is 92.5 Å². The highest BCUT2D eigenvalue weighted by Crippen LogP contribution is 2.40. The van der Waals surface area contributed by atoms with Gasteiger partial charge in [0.15, 0.2) is 0 Å². The van der Waals surface area contributed by atoms with Gasteiger partial charge in [-0.3, -0.25) is 0 Å². The first-order chi connectivity index (χ1) is 7.37. The van der Waals surface area contributed by atoms with E-state index in [0.29, 0.717) is 0 Å². The number of rotatable bonds is 4. The van der Waals surface area contributed by atoms with Crippen molar-refractivity contribution in [1.29, 1.82) is 0 Å². The summed E-state index contributed by atoms with van der Waals surface area (Å²) < 4.78 is 11.5. The fourth-order valence-electron chi connectivity index (χ4n) is 2.97. The molecule has 0 saturated carbocycles. The third kappa shape index (κ3) is 2.52. The maximum Gasteiger partial charge on any atom is 0.0736 e. The Balaban J connectivity index is 1.85. The van der Waals surface area contributed by atoms with Crippen LogP contribution in [0, 0.1) is 5.92 Å². The fraction of sp³-hybridized carbons (Fsp3) is 1.00. The van der Waals surface area contributed by atoms with Crippen molar-refractivity contribution in [3.05, 3.63) is 0 Å². The van der Waals surface area contributed by atoms with Crippen LogP contribution in [-0.2, 0) is 9.47 Å². The van der Waals surface area contributed by atoms with Crippen molar-refractivity contribution < 1.29 is 9.47 Å². The lowest BCUT2D eigenvalue weighted by molar-refractivity contribution is -0.0507. The zero-order chi connectivity index (χ0) is 10.6. The van der Waals surface area contributed by atoms with Crippen LogP contribution in [0.15, 0.2) is 0 Å². The van der Waals surface area contributed by atoms with Crippen molar-refractivity contribution in [2.24, 2.45) is 5.92 Å². The van der Waals surface area contributed by atoms with E-state index < -0.39 is 0 Å². The van der Waals surface area contributed by atoms with E-state index in [-0.39, 0.29) is 5.60 Å². The van der Waals surface area contributed by atoms with Gasteiger partial charge in [-0.2, -0.15) is 0 Å². The van der Waals surface area contributed by atoms with Gasteiger partial charge in [0.25, 0.3) is 0 Å². The van der Waals surface area contributed by atoms with E-state index in [4.69, 9.17) is 9.47 Å². The number of ether oxygens (including phenoxy) is 2. The predicted octanol–water partition coefficient (Wildman–Crippen LogP) is 1.57. The molecule has 0 unspecified atom stereocenters. The zero-order valence-electron chi connectivity index (χ0n) is 9.76. The Morgan fingerprint density at radius 3 is 2.93 bits per heavy atom. The maximum atomic E-state index is 6.03. The van der Waals surface area contributed by atoms with E-state index >= 15 is 0 Å². The smallest absolute Gasteiger partial charge is 0.0736 e. The first-order valence-electron chi connectivity index (χ1n) is 6.30. The van der Waals surface area contributed by atoms with Crippen molar-refractivity contribution in [3.8, 4) is 0 Å². The lowest BCUT2D eigenvalue weighted by atomic mass is 9.78. The van der Waals surface area contributed by atoms with Crippen LogP contribution in [0.4, 0.5) is 0 Å². The van der Waals surface area contributed by atoms with Gasteiger partial charge in [-0.25, -0.2) is 0 Å². The highest BCUT2D eigenvalue weighted by Gasteiger charge is 2.44. The summed E-state index contributed by atoms with van der Waals surface area (Å²) in [7, 11) is 0. The molecule has 2 fully saturated rings. The zero-order valence-corrected chi connectivity index (χ0v) is 9.76. The third-order valence-electron chi connectivity index (χ3n) is 3.86. The molecule has 2 rings (SSSR count). The second-order valence-corrected chi connectivity index (χ2v) is 4.63. The molecule has 88 valence electrons. The minimum atomic E-state index is 0.197. The van der Waals surface area contributed by atoms with E-state index in [1.807, 2.05) is 0 Å². The van der Waals surface area contributed by atoms with Gasteiger partial charge in [0, 0.05) is 19.8 Å². The van der Waals surface area contributed by atoms with Crippen molar-refractivity contribution in [2.45, 2.75) is 38.2 Å². The Morgan fingerprint density at radius 1 is 1.40 bits per heavy atom. The highest BCUT2D eigenvalue weighted by atomic mass is 16.5. The summed E-state index contributed by atoms with van der Waals surface area (Å²) in [4.78, 5) is 0. The van der Waals surface area contributed by atoms with Crippen LogP contribution in [0.25, 0.3) is 0 Å². The number of nitrogens with one attached hydrogen (secondary N) is 1. The van der Waals surface area contributed by atoms with Gasteiger partial charge < -0.3 is 14.8 Å². The molecule has 0 aromatic heterocycles. The molecule has 1 atom stereocenters. The maximum absolute atomic E-state index is 6.03. The summed E-state index contributed by atoms with van der Waals surface area (Å²) >= 11 is 0. The van der Waals surface area contributed by atoms with Gasteiger partial charge in [0.1, 0.15) is 0 Å². The molecule has 3 heteroatoms. The lowest BCUT2D eigenvalue weighted by Gasteiger charge is -2.38. The molecule has 15 heavy (non-hydrogen) atoms. The largest absolute Gasteiger partial charge is 0.382 e. The molecule has 0 amide bonds. The minimum Gasteiger partial charge on any atom is -0.382 e. The molecular formula is C12H23NO2. The summed E-state index contributed by atoms with van der Waals surface area (Å²) in [5.41, 5.74) is 0.197. The van der Waals surface area contributed by atoms with Gasteiger partial charge >= 0.3 is 0 Å².